The molecule has 0 N–H and O–H groups in total. The molecule has 6 nitrogen and oxygen atoms in total. The van der Waals surface area contributed by atoms with Crippen LogP contribution < -0.4 is 0 Å². The highest BCUT2D eigenvalue weighted by atomic mass is 16.6. The maximum Gasteiger partial charge on any atom is 0.306 e. The van der Waals surface area contributed by atoms with E-state index in [0.717, 1.165) is 57.8 Å². The molecule has 386 valence electrons. The van der Waals surface area contributed by atoms with Crippen molar-refractivity contribution in [3.8, 4) is 0 Å². The first-order valence-corrected chi connectivity index (χ1v) is 28.4. The van der Waals surface area contributed by atoms with Gasteiger partial charge in [0.05, 0.1) is 0 Å². The van der Waals surface area contributed by atoms with Crippen molar-refractivity contribution < 1.29 is 28.6 Å². The summed E-state index contributed by atoms with van der Waals surface area (Å²) >= 11 is 0. The number of ether oxygens (including phenoxy) is 3. The van der Waals surface area contributed by atoms with Gasteiger partial charge in [-0.3, -0.25) is 14.4 Å². The van der Waals surface area contributed by atoms with Gasteiger partial charge >= 0.3 is 17.9 Å². The molecule has 1 atom stereocenters. The molecule has 0 saturated carbocycles. The Balaban J connectivity index is 4.46. The van der Waals surface area contributed by atoms with Crippen LogP contribution in [0, 0.1) is 0 Å². The summed E-state index contributed by atoms with van der Waals surface area (Å²) in [5, 5.41) is 0. The lowest BCUT2D eigenvalue weighted by atomic mass is 10.0. The van der Waals surface area contributed by atoms with E-state index in [2.05, 4.69) is 87.6 Å². The summed E-state index contributed by atoms with van der Waals surface area (Å²) < 4.78 is 16.7. The third-order valence-corrected chi connectivity index (χ3v) is 12.2. The van der Waals surface area contributed by atoms with Gasteiger partial charge in [-0.15, -0.1) is 0 Å². The average molecular weight is 936 g/mol. The van der Waals surface area contributed by atoms with E-state index in [1.54, 1.807) is 0 Å². The minimum Gasteiger partial charge on any atom is -0.462 e. The fraction of sp³-hybridized carbons (Fsp3) is 0.754. The first-order valence-electron chi connectivity index (χ1n) is 28.4. The number of rotatable bonds is 51. The fourth-order valence-corrected chi connectivity index (χ4v) is 7.90. The number of allylic oxidation sites excluding steroid dienone is 12. The van der Waals surface area contributed by atoms with Crippen molar-refractivity contribution in [2.75, 3.05) is 13.2 Å². The van der Waals surface area contributed by atoms with Gasteiger partial charge in [-0.2, -0.15) is 0 Å². The minimum atomic E-state index is -0.825. The Morgan fingerprint density at radius 3 is 1.00 bits per heavy atom. The molecule has 0 aliphatic rings. The molecule has 0 bridgehead atoms. The number of hydrogen-bond donors (Lipinski definition) is 0. The smallest absolute Gasteiger partial charge is 0.306 e. The molecule has 0 spiro atoms. The van der Waals surface area contributed by atoms with Crippen molar-refractivity contribution in [3.63, 3.8) is 0 Å². The van der Waals surface area contributed by atoms with Gasteiger partial charge in [-0.1, -0.05) is 254 Å². The third kappa shape index (κ3) is 53.7. The molecule has 0 fully saturated rings. The zero-order valence-electron chi connectivity index (χ0n) is 44.2. The van der Waals surface area contributed by atoms with Crippen LogP contribution in [0.5, 0.6) is 0 Å². The lowest BCUT2D eigenvalue weighted by Crippen LogP contribution is -2.30. The molecule has 0 amide bonds. The van der Waals surface area contributed by atoms with Gasteiger partial charge in [-0.25, -0.2) is 0 Å². The SMILES string of the molecule is CCCCC/C=C/C/C=C/C/C=C/C/C=C/CCCC(=O)OC(COC(=O)CC/C=C/C/C=C/CCCCCCCC)COC(=O)CCCCCCCCCCCCCCCCCCCCC. The first kappa shape index (κ1) is 63.8. The van der Waals surface area contributed by atoms with Gasteiger partial charge in [0.1, 0.15) is 13.2 Å². The van der Waals surface area contributed by atoms with Crippen LogP contribution in [0.25, 0.3) is 0 Å². The summed E-state index contributed by atoms with van der Waals surface area (Å²) in [6, 6.07) is 0. The molecule has 0 aliphatic heterocycles. The van der Waals surface area contributed by atoms with Crippen molar-refractivity contribution in [3.05, 3.63) is 72.9 Å². The Morgan fingerprint density at radius 1 is 0.299 bits per heavy atom. The van der Waals surface area contributed by atoms with E-state index in [0.29, 0.717) is 19.3 Å². The van der Waals surface area contributed by atoms with Crippen LogP contribution in [0.15, 0.2) is 72.9 Å². The second-order valence-electron chi connectivity index (χ2n) is 18.8. The zero-order chi connectivity index (χ0) is 48.6. The molecule has 6 heteroatoms. The second kappa shape index (κ2) is 55.4. The van der Waals surface area contributed by atoms with E-state index in [9.17, 15) is 14.4 Å². The fourth-order valence-electron chi connectivity index (χ4n) is 7.90. The van der Waals surface area contributed by atoms with E-state index in [1.165, 1.54) is 167 Å². The minimum absolute atomic E-state index is 0.112. The molecule has 0 aromatic carbocycles. The number of carbonyl (C=O) groups is 3. The predicted molar refractivity (Wildman–Crippen MR) is 288 cm³/mol. The molecular formula is C61H106O6. The summed E-state index contributed by atoms with van der Waals surface area (Å²) in [6.45, 7) is 6.53. The quantitative estimate of drug-likeness (QED) is 0.0262. The molecule has 0 aromatic rings. The lowest BCUT2D eigenvalue weighted by Gasteiger charge is -2.18. The molecule has 0 radical (unpaired) electrons. The van der Waals surface area contributed by atoms with Gasteiger partial charge < -0.3 is 14.2 Å². The van der Waals surface area contributed by atoms with Gasteiger partial charge in [0.25, 0.3) is 0 Å². The molecule has 1 unspecified atom stereocenters. The Kier molecular flexibility index (Phi) is 52.8. The van der Waals surface area contributed by atoms with Crippen molar-refractivity contribution in [2.24, 2.45) is 0 Å². The van der Waals surface area contributed by atoms with Gasteiger partial charge in [0.2, 0.25) is 0 Å². The van der Waals surface area contributed by atoms with Crippen LogP contribution in [0.2, 0.25) is 0 Å². The summed E-state index contributed by atoms with van der Waals surface area (Å²) in [4.78, 5) is 38.0. The van der Waals surface area contributed by atoms with Crippen LogP contribution in [-0.4, -0.2) is 37.2 Å². The third-order valence-electron chi connectivity index (χ3n) is 12.2. The normalized spacial score (nSPS) is 12.6. The average Bonchev–Trinajstić information content (AvgIpc) is 3.33. The maximum atomic E-state index is 12.8. The van der Waals surface area contributed by atoms with Crippen LogP contribution >= 0.6 is 0 Å². The van der Waals surface area contributed by atoms with Crippen molar-refractivity contribution >= 4 is 17.9 Å². The lowest BCUT2D eigenvalue weighted by molar-refractivity contribution is -0.166. The summed E-state index contributed by atoms with van der Waals surface area (Å²) in [7, 11) is 0. The highest BCUT2D eigenvalue weighted by Crippen LogP contribution is 2.16. The van der Waals surface area contributed by atoms with E-state index < -0.39 is 6.10 Å². The van der Waals surface area contributed by atoms with E-state index in [4.69, 9.17) is 14.2 Å². The van der Waals surface area contributed by atoms with Gasteiger partial charge in [0.15, 0.2) is 6.10 Å². The number of hydrogen-bond acceptors (Lipinski definition) is 6. The number of carbonyl (C=O) groups excluding carboxylic acids is 3. The van der Waals surface area contributed by atoms with Crippen molar-refractivity contribution in [2.45, 2.75) is 284 Å². The molecule has 67 heavy (non-hydrogen) atoms. The van der Waals surface area contributed by atoms with E-state index in [1.807, 2.05) is 6.08 Å². The summed E-state index contributed by atoms with van der Waals surface area (Å²) in [5.41, 5.74) is 0. The molecular weight excluding hydrogens is 829 g/mol. The molecule has 0 heterocycles. The topological polar surface area (TPSA) is 78.9 Å². The first-order chi connectivity index (χ1) is 33.0. The van der Waals surface area contributed by atoms with Crippen LogP contribution in [0.1, 0.15) is 278 Å². The van der Waals surface area contributed by atoms with E-state index >= 15 is 0 Å². The Labute approximate surface area is 414 Å². The second-order valence-corrected chi connectivity index (χ2v) is 18.8. The largest absolute Gasteiger partial charge is 0.462 e. The summed E-state index contributed by atoms with van der Waals surface area (Å²) in [6.07, 6.45) is 70.6. The zero-order valence-corrected chi connectivity index (χ0v) is 44.2. The number of esters is 3. The van der Waals surface area contributed by atoms with Gasteiger partial charge in [0, 0.05) is 19.3 Å². The molecule has 0 rings (SSSR count). The highest BCUT2D eigenvalue weighted by Gasteiger charge is 2.19. The monoisotopic (exact) mass is 935 g/mol. The Bertz CT molecular complexity index is 1260. The Hall–Kier alpha value is -3.15. The highest BCUT2D eigenvalue weighted by molar-refractivity contribution is 5.71. The summed E-state index contributed by atoms with van der Waals surface area (Å²) in [5.74, 6) is -1.03. The van der Waals surface area contributed by atoms with E-state index in [-0.39, 0.29) is 44.0 Å². The van der Waals surface area contributed by atoms with Gasteiger partial charge in [-0.05, 0) is 77.0 Å². The standard InChI is InChI=1S/C61H106O6/c1-4-7-10-13-16-19-22-25-27-29-30-32-33-36-39-42-45-48-51-54-60(63)66-57-58(56-65-59(62)53-50-47-44-41-38-35-24-21-18-15-12-9-6-3)67-61(64)55-52-49-46-43-40-37-34-31-28-26-23-20-17-14-11-8-5-2/h17,20,26,28,34-35,37-38,43-44,46-47,58H,4-16,18-19,21-25,27,29-33,36,39-42,45,48-57H2,1-3H3/b20-17+,28-26+,37-34+,38-35+,46-43+,47-44+. The van der Waals surface area contributed by atoms with Crippen molar-refractivity contribution in [1.82, 2.24) is 0 Å². The molecule has 0 aromatic heterocycles. The molecule has 0 aliphatic carbocycles. The molecule has 0 saturated heterocycles. The van der Waals surface area contributed by atoms with Crippen LogP contribution in [0.3, 0.4) is 0 Å². The predicted octanol–water partition coefficient (Wildman–Crippen LogP) is 19.0. The van der Waals surface area contributed by atoms with Crippen molar-refractivity contribution in [1.29, 1.82) is 0 Å². The maximum absolute atomic E-state index is 12.8. The van der Waals surface area contributed by atoms with Crippen LogP contribution in [0.4, 0.5) is 0 Å². The number of unbranched alkanes of at least 4 members (excludes halogenated alkanes) is 28. The van der Waals surface area contributed by atoms with Crippen LogP contribution in [-0.2, 0) is 28.6 Å². The Morgan fingerprint density at radius 2 is 0.582 bits per heavy atom.